The maximum absolute atomic E-state index is 11.4. The van der Waals surface area contributed by atoms with Gasteiger partial charge in [-0.25, -0.2) is 0 Å². The topological polar surface area (TPSA) is 66.8 Å². The Labute approximate surface area is 111 Å². The summed E-state index contributed by atoms with van der Waals surface area (Å²) in [6, 6.07) is 5.63. The smallest absolute Gasteiger partial charge is 0.248 e. The Kier molecular flexibility index (Phi) is 4.25. The minimum atomic E-state index is -0.392. The molecule has 0 saturated carbocycles. The van der Waals surface area contributed by atoms with Crippen LogP contribution in [0, 0.1) is 0 Å². The monoisotopic (exact) mass is 260 g/mol. The lowest BCUT2D eigenvalue weighted by Crippen LogP contribution is -2.36. The summed E-state index contributed by atoms with van der Waals surface area (Å²) in [5, 5.41) is 3.02. The van der Waals surface area contributed by atoms with Gasteiger partial charge in [0, 0.05) is 26.5 Å². The van der Waals surface area contributed by atoms with Crippen LogP contribution in [0.1, 0.15) is 5.69 Å². The normalized spacial score (nSPS) is 17.6. The summed E-state index contributed by atoms with van der Waals surface area (Å²) in [5.41, 5.74) is 1.52. The predicted molar refractivity (Wildman–Crippen MR) is 72.3 cm³/mol. The van der Waals surface area contributed by atoms with Crippen molar-refractivity contribution in [2.45, 2.75) is 6.23 Å². The molecule has 2 rings (SSSR count). The highest BCUT2D eigenvalue weighted by atomic mass is 16.5. The number of ether oxygens (including phenoxy) is 1. The molecule has 0 fully saturated rings. The number of hydrogen-bond donors (Lipinski definition) is 1. The summed E-state index contributed by atoms with van der Waals surface area (Å²) < 4.78 is 5.37. The van der Waals surface area contributed by atoms with Crippen LogP contribution in [0.5, 0.6) is 0 Å². The van der Waals surface area contributed by atoms with Gasteiger partial charge in [0.2, 0.25) is 5.91 Å². The number of amides is 1. The molecule has 1 aromatic rings. The van der Waals surface area contributed by atoms with E-state index in [0.717, 1.165) is 11.4 Å². The van der Waals surface area contributed by atoms with Gasteiger partial charge in [-0.2, -0.15) is 0 Å². The molecule has 0 aliphatic carbocycles. The Balaban J connectivity index is 1.87. The fourth-order valence-corrected chi connectivity index (χ4v) is 1.43. The Bertz CT molecular complexity index is 497. The highest BCUT2D eigenvalue weighted by Gasteiger charge is 2.13. The maximum atomic E-state index is 11.4. The minimum absolute atomic E-state index is 0.0173. The molecule has 6 nitrogen and oxygen atoms in total. The van der Waals surface area contributed by atoms with E-state index in [1.807, 2.05) is 18.2 Å². The summed E-state index contributed by atoms with van der Waals surface area (Å²) in [7, 11) is 3.38. The number of likely N-dealkylation sites (N-methyl/N-ethyl adjacent to an activating group) is 1. The first-order valence-corrected chi connectivity index (χ1v) is 5.90. The van der Waals surface area contributed by atoms with Crippen LogP contribution in [0.4, 0.5) is 0 Å². The van der Waals surface area contributed by atoms with Crippen LogP contribution in [0.3, 0.4) is 0 Å². The van der Waals surface area contributed by atoms with E-state index >= 15 is 0 Å². The van der Waals surface area contributed by atoms with Crippen LogP contribution in [0.25, 0.3) is 5.70 Å². The molecule has 0 radical (unpaired) electrons. The zero-order valence-corrected chi connectivity index (χ0v) is 10.9. The highest BCUT2D eigenvalue weighted by Crippen LogP contribution is 2.13. The lowest BCUT2D eigenvalue weighted by molar-refractivity contribution is -0.134. The fraction of sp³-hybridized carbons (Fsp3) is 0.308. The van der Waals surface area contributed by atoms with Gasteiger partial charge in [0.15, 0.2) is 6.23 Å². The second-order valence-electron chi connectivity index (χ2n) is 4.21. The molecule has 1 aliphatic heterocycles. The first-order chi connectivity index (χ1) is 9.16. The van der Waals surface area contributed by atoms with Gasteiger partial charge in [-0.15, -0.1) is 0 Å². The fourth-order valence-electron chi connectivity index (χ4n) is 1.43. The molecule has 1 aliphatic rings. The van der Waals surface area contributed by atoms with E-state index < -0.39 is 6.23 Å². The number of nitrogens with one attached hydrogen (secondary N) is 1. The predicted octanol–water partition coefficient (Wildman–Crippen LogP) is 0.485. The van der Waals surface area contributed by atoms with Crippen LogP contribution in [0.15, 0.2) is 35.6 Å². The van der Waals surface area contributed by atoms with Crippen molar-refractivity contribution < 1.29 is 9.53 Å². The molecule has 0 saturated heterocycles. The second-order valence-corrected chi connectivity index (χ2v) is 4.21. The molecule has 100 valence electrons. The average molecular weight is 260 g/mol. The number of aromatic nitrogens is 1. The Hall–Kier alpha value is -2.21. The highest BCUT2D eigenvalue weighted by molar-refractivity contribution is 5.79. The van der Waals surface area contributed by atoms with Gasteiger partial charge in [-0.05, 0) is 12.1 Å². The third-order valence-corrected chi connectivity index (χ3v) is 2.55. The average Bonchev–Trinajstić information content (AvgIpc) is 2.46. The van der Waals surface area contributed by atoms with Crippen molar-refractivity contribution in [2.24, 2.45) is 4.99 Å². The van der Waals surface area contributed by atoms with Crippen molar-refractivity contribution in [3.05, 3.63) is 36.3 Å². The zero-order valence-electron chi connectivity index (χ0n) is 10.9. The number of carbonyl (C=O) groups excluding carboxylic acids is 1. The van der Waals surface area contributed by atoms with E-state index in [-0.39, 0.29) is 12.5 Å². The van der Waals surface area contributed by atoms with Gasteiger partial charge >= 0.3 is 0 Å². The first-order valence-electron chi connectivity index (χ1n) is 5.90. The molecular formula is C13H16N4O2. The molecule has 0 aromatic carbocycles. The number of rotatable bonds is 4. The molecular weight excluding hydrogens is 244 g/mol. The van der Waals surface area contributed by atoms with Crippen molar-refractivity contribution in [1.29, 1.82) is 0 Å². The molecule has 0 bridgehead atoms. The molecule has 1 aromatic heterocycles. The van der Waals surface area contributed by atoms with E-state index in [9.17, 15) is 4.79 Å². The van der Waals surface area contributed by atoms with Gasteiger partial charge in [0.25, 0.3) is 0 Å². The Morgan fingerprint density at radius 2 is 2.32 bits per heavy atom. The van der Waals surface area contributed by atoms with E-state index in [0.29, 0.717) is 0 Å². The van der Waals surface area contributed by atoms with E-state index in [2.05, 4.69) is 15.3 Å². The standard InChI is InChI=1S/C13H16N4O2/c1-17(2)13(18)9-19-12-8-15-11(7-16-12)10-5-3-4-6-14-10/h3-8,12,16H,9H2,1-2H3. The van der Waals surface area contributed by atoms with E-state index in [4.69, 9.17) is 4.74 Å². The Morgan fingerprint density at radius 1 is 1.47 bits per heavy atom. The summed E-state index contributed by atoms with van der Waals surface area (Å²) in [6.07, 6.45) is 4.67. The molecule has 1 atom stereocenters. The largest absolute Gasteiger partial charge is 0.360 e. The molecule has 0 spiro atoms. The number of aliphatic imine (C=N–C) groups is 1. The lowest BCUT2D eigenvalue weighted by atomic mass is 10.3. The second kappa shape index (κ2) is 6.10. The quantitative estimate of drug-likeness (QED) is 0.855. The van der Waals surface area contributed by atoms with Crippen LogP contribution >= 0.6 is 0 Å². The van der Waals surface area contributed by atoms with Gasteiger partial charge < -0.3 is 15.0 Å². The number of nitrogens with zero attached hydrogens (tertiary/aromatic N) is 3. The van der Waals surface area contributed by atoms with E-state index in [1.54, 1.807) is 32.7 Å². The van der Waals surface area contributed by atoms with Crippen LogP contribution in [-0.2, 0) is 9.53 Å². The third kappa shape index (κ3) is 3.62. The first kappa shape index (κ1) is 13.2. The van der Waals surface area contributed by atoms with Crippen molar-refractivity contribution in [1.82, 2.24) is 15.2 Å². The van der Waals surface area contributed by atoms with Gasteiger partial charge in [-0.1, -0.05) is 6.07 Å². The Morgan fingerprint density at radius 3 is 2.89 bits per heavy atom. The number of hydrogen-bond acceptors (Lipinski definition) is 5. The molecule has 6 heteroatoms. The third-order valence-electron chi connectivity index (χ3n) is 2.55. The summed E-state index contributed by atoms with van der Waals surface area (Å²) in [5.74, 6) is -0.0882. The van der Waals surface area contributed by atoms with Gasteiger partial charge in [0.05, 0.1) is 11.9 Å². The summed E-state index contributed by atoms with van der Waals surface area (Å²) in [4.78, 5) is 21.3. The van der Waals surface area contributed by atoms with Crippen molar-refractivity contribution in [2.75, 3.05) is 20.7 Å². The van der Waals surface area contributed by atoms with Crippen LogP contribution < -0.4 is 5.32 Å². The van der Waals surface area contributed by atoms with Gasteiger partial charge in [0.1, 0.15) is 12.3 Å². The lowest BCUT2D eigenvalue weighted by Gasteiger charge is -2.19. The van der Waals surface area contributed by atoms with Crippen LogP contribution in [-0.4, -0.2) is 48.9 Å². The summed E-state index contributed by atoms with van der Waals surface area (Å²) >= 11 is 0. The van der Waals surface area contributed by atoms with E-state index in [1.165, 1.54) is 4.90 Å². The molecule has 1 amide bonds. The van der Waals surface area contributed by atoms with Gasteiger partial charge in [-0.3, -0.25) is 14.8 Å². The summed E-state index contributed by atoms with van der Waals surface area (Å²) in [6.45, 7) is 0.0173. The molecule has 19 heavy (non-hydrogen) atoms. The SMILES string of the molecule is CN(C)C(=O)COC1C=NC(c2ccccn2)=CN1. The zero-order chi connectivity index (χ0) is 13.7. The minimum Gasteiger partial charge on any atom is -0.360 e. The molecule has 1 N–H and O–H groups in total. The number of pyridine rings is 1. The van der Waals surface area contributed by atoms with Crippen LogP contribution in [0.2, 0.25) is 0 Å². The van der Waals surface area contributed by atoms with Crippen molar-refractivity contribution >= 4 is 17.8 Å². The molecule has 1 unspecified atom stereocenters. The van der Waals surface area contributed by atoms with Crippen molar-refractivity contribution in [3.8, 4) is 0 Å². The maximum Gasteiger partial charge on any atom is 0.248 e. The number of carbonyl (C=O) groups is 1. The van der Waals surface area contributed by atoms with Crippen molar-refractivity contribution in [3.63, 3.8) is 0 Å². The molecule has 2 heterocycles.